The SMILES string of the molecule is Cc1ncsc1CN(C)CC1CCN(c2ccc(C#N)cc2)C1. The van der Waals surface area contributed by atoms with Crippen LogP contribution in [0, 0.1) is 24.2 Å². The van der Waals surface area contributed by atoms with E-state index in [1.165, 1.54) is 17.0 Å². The van der Waals surface area contributed by atoms with Gasteiger partial charge >= 0.3 is 0 Å². The van der Waals surface area contributed by atoms with E-state index in [9.17, 15) is 0 Å². The molecule has 120 valence electrons. The Morgan fingerprint density at radius 2 is 2.17 bits per heavy atom. The molecule has 2 aromatic rings. The molecule has 0 spiro atoms. The topological polar surface area (TPSA) is 43.2 Å². The van der Waals surface area contributed by atoms with E-state index in [1.807, 2.05) is 17.6 Å². The Kier molecular flexibility index (Phi) is 4.94. The molecule has 0 amide bonds. The highest BCUT2D eigenvalue weighted by Gasteiger charge is 2.24. The maximum atomic E-state index is 8.89. The molecule has 5 heteroatoms. The highest BCUT2D eigenvalue weighted by molar-refractivity contribution is 7.09. The van der Waals surface area contributed by atoms with E-state index in [0.717, 1.165) is 37.4 Å². The molecule has 1 unspecified atom stereocenters. The Bertz CT molecular complexity index is 686. The van der Waals surface area contributed by atoms with E-state index in [2.05, 4.69) is 47.0 Å². The van der Waals surface area contributed by atoms with Crippen LogP contribution in [0.2, 0.25) is 0 Å². The Hall–Kier alpha value is -1.90. The summed E-state index contributed by atoms with van der Waals surface area (Å²) in [4.78, 5) is 10.5. The van der Waals surface area contributed by atoms with Crippen LogP contribution >= 0.6 is 11.3 Å². The number of nitriles is 1. The van der Waals surface area contributed by atoms with Crippen molar-refractivity contribution in [3.8, 4) is 6.07 Å². The number of benzene rings is 1. The lowest BCUT2D eigenvalue weighted by Crippen LogP contribution is -2.28. The smallest absolute Gasteiger partial charge is 0.0991 e. The summed E-state index contributed by atoms with van der Waals surface area (Å²) in [6.07, 6.45) is 1.23. The molecule has 1 atom stereocenters. The number of anilines is 1. The van der Waals surface area contributed by atoms with Crippen LogP contribution in [0.5, 0.6) is 0 Å². The molecule has 1 aliphatic rings. The highest BCUT2D eigenvalue weighted by Crippen LogP contribution is 2.25. The van der Waals surface area contributed by atoms with E-state index in [0.29, 0.717) is 5.92 Å². The maximum Gasteiger partial charge on any atom is 0.0991 e. The fourth-order valence-electron chi connectivity index (χ4n) is 3.19. The second-order valence-corrected chi connectivity index (χ2v) is 7.26. The van der Waals surface area contributed by atoms with Gasteiger partial charge in [0.2, 0.25) is 0 Å². The Morgan fingerprint density at radius 3 is 2.83 bits per heavy atom. The minimum absolute atomic E-state index is 0.698. The van der Waals surface area contributed by atoms with E-state index >= 15 is 0 Å². The van der Waals surface area contributed by atoms with Crippen LogP contribution in [-0.4, -0.2) is 36.6 Å². The first kappa shape index (κ1) is 16.0. The van der Waals surface area contributed by atoms with Gasteiger partial charge in [-0.2, -0.15) is 5.26 Å². The third kappa shape index (κ3) is 3.90. The monoisotopic (exact) mass is 326 g/mol. The largest absolute Gasteiger partial charge is 0.371 e. The van der Waals surface area contributed by atoms with E-state index in [4.69, 9.17) is 5.26 Å². The summed E-state index contributed by atoms with van der Waals surface area (Å²) < 4.78 is 0. The molecule has 3 rings (SSSR count). The Labute approximate surface area is 142 Å². The molecule has 0 aliphatic carbocycles. The van der Waals surface area contributed by atoms with Crippen LogP contribution in [0.15, 0.2) is 29.8 Å². The van der Waals surface area contributed by atoms with Crippen LogP contribution in [0.25, 0.3) is 0 Å². The summed E-state index contributed by atoms with van der Waals surface area (Å²) in [6.45, 7) is 6.39. The number of thiazole rings is 1. The van der Waals surface area contributed by atoms with Gasteiger partial charge in [-0.1, -0.05) is 0 Å². The lowest BCUT2D eigenvalue weighted by molar-refractivity contribution is 0.281. The molecule has 4 nitrogen and oxygen atoms in total. The molecule has 0 saturated carbocycles. The van der Waals surface area contributed by atoms with Crippen molar-refractivity contribution >= 4 is 17.0 Å². The van der Waals surface area contributed by atoms with Gasteiger partial charge in [-0.15, -0.1) is 11.3 Å². The normalized spacial score (nSPS) is 17.7. The lowest BCUT2D eigenvalue weighted by atomic mass is 10.1. The molecule has 1 saturated heterocycles. The molecule has 2 heterocycles. The Balaban J connectivity index is 1.53. The summed E-state index contributed by atoms with van der Waals surface area (Å²) >= 11 is 1.75. The van der Waals surface area contributed by atoms with Gasteiger partial charge in [0.1, 0.15) is 0 Å². The fourth-order valence-corrected chi connectivity index (χ4v) is 4.05. The number of rotatable bonds is 5. The Morgan fingerprint density at radius 1 is 1.39 bits per heavy atom. The van der Waals surface area contributed by atoms with Crippen molar-refractivity contribution in [3.05, 3.63) is 45.9 Å². The van der Waals surface area contributed by atoms with Crippen molar-refractivity contribution in [2.45, 2.75) is 19.9 Å². The minimum atomic E-state index is 0.698. The number of aromatic nitrogens is 1. The van der Waals surface area contributed by atoms with Gasteiger partial charge in [0.05, 0.1) is 22.8 Å². The van der Waals surface area contributed by atoms with Gasteiger partial charge in [-0.05, 0) is 50.6 Å². The van der Waals surface area contributed by atoms with Crippen LogP contribution < -0.4 is 4.90 Å². The molecular formula is C18H22N4S. The zero-order chi connectivity index (χ0) is 16.2. The molecule has 1 aliphatic heterocycles. The molecule has 23 heavy (non-hydrogen) atoms. The van der Waals surface area contributed by atoms with Crippen molar-refractivity contribution in [2.75, 3.05) is 31.6 Å². The maximum absolute atomic E-state index is 8.89. The second kappa shape index (κ2) is 7.12. The molecule has 0 bridgehead atoms. The first-order chi connectivity index (χ1) is 11.2. The second-order valence-electron chi connectivity index (χ2n) is 6.32. The van der Waals surface area contributed by atoms with Crippen molar-refractivity contribution in [1.82, 2.24) is 9.88 Å². The zero-order valence-electron chi connectivity index (χ0n) is 13.7. The summed E-state index contributed by atoms with van der Waals surface area (Å²) in [7, 11) is 2.20. The van der Waals surface area contributed by atoms with Crippen molar-refractivity contribution in [1.29, 1.82) is 5.26 Å². The number of nitrogens with zero attached hydrogens (tertiary/aromatic N) is 4. The first-order valence-corrected chi connectivity index (χ1v) is 8.86. The quantitative estimate of drug-likeness (QED) is 0.846. The van der Waals surface area contributed by atoms with E-state index in [1.54, 1.807) is 11.3 Å². The number of aryl methyl sites for hydroxylation is 1. The third-order valence-corrected chi connectivity index (χ3v) is 5.40. The number of hydrogen-bond acceptors (Lipinski definition) is 5. The van der Waals surface area contributed by atoms with Gasteiger partial charge < -0.3 is 9.80 Å². The summed E-state index contributed by atoms with van der Waals surface area (Å²) in [5.74, 6) is 0.698. The molecule has 0 radical (unpaired) electrons. The summed E-state index contributed by atoms with van der Waals surface area (Å²) in [5.41, 5.74) is 5.05. The lowest BCUT2D eigenvalue weighted by Gasteiger charge is -2.22. The van der Waals surface area contributed by atoms with Crippen molar-refractivity contribution < 1.29 is 0 Å². The third-order valence-electron chi connectivity index (χ3n) is 4.48. The average molecular weight is 326 g/mol. The van der Waals surface area contributed by atoms with E-state index < -0.39 is 0 Å². The van der Waals surface area contributed by atoms with Crippen LogP contribution in [0.3, 0.4) is 0 Å². The standard InChI is InChI=1S/C18H22N4S/c1-14-18(23-13-20-14)12-21(2)10-16-7-8-22(11-16)17-5-3-15(9-19)4-6-17/h3-6,13,16H,7-8,10-12H2,1-2H3. The highest BCUT2D eigenvalue weighted by atomic mass is 32.1. The van der Waals surface area contributed by atoms with Gasteiger partial charge in [0, 0.05) is 36.7 Å². The summed E-state index contributed by atoms with van der Waals surface area (Å²) in [6, 6.07) is 10.1. The molecule has 1 fully saturated rings. The van der Waals surface area contributed by atoms with Crippen molar-refractivity contribution in [2.24, 2.45) is 5.92 Å². The minimum Gasteiger partial charge on any atom is -0.371 e. The summed E-state index contributed by atoms with van der Waals surface area (Å²) in [5, 5.41) is 8.89. The van der Waals surface area contributed by atoms with Crippen LogP contribution in [0.4, 0.5) is 5.69 Å². The zero-order valence-corrected chi connectivity index (χ0v) is 14.5. The average Bonchev–Trinajstić information content (AvgIpc) is 3.17. The molecule has 0 N–H and O–H groups in total. The van der Waals surface area contributed by atoms with Crippen LogP contribution in [0.1, 0.15) is 22.6 Å². The van der Waals surface area contributed by atoms with Crippen LogP contribution in [-0.2, 0) is 6.54 Å². The number of hydrogen-bond donors (Lipinski definition) is 0. The predicted octanol–water partition coefficient (Wildman–Crippen LogP) is 3.28. The molecular weight excluding hydrogens is 304 g/mol. The van der Waals surface area contributed by atoms with Crippen molar-refractivity contribution in [3.63, 3.8) is 0 Å². The van der Waals surface area contributed by atoms with Gasteiger partial charge in [0.25, 0.3) is 0 Å². The predicted molar refractivity (Wildman–Crippen MR) is 94.7 cm³/mol. The first-order valence-electron chi connectivity index (χ1n) is 7.98. The molecule has 1 aromatic carbocycles. The van der Waals surface area contributed by atoms with Gasteiger partial charge in [0.15, 0.2) is 0 Å². The van der Waals surface area contributed by atoms with Gasteiger partial charge in [-0.3, -0.25) is 0 Å². The molecule has 1 aromatic heterocycles. The van der Waals surface area contributed by atoms with Gasteiger partial charge in [-0.25, -0.2) is 4.98 Å². The van der Waals surface area contributed by atoms with E-state index in [-0.39, 0.29) is 0 Å². The fraction of sp³-hybridized carbons (Fsp3) is 0.444.